The fourth-order valence-electron chi connectivity index (χ4n) is 1.42. The number of aromatic nitrogens is 2. The smallest absolute Gasteiger partial charge is 0.320 e. The van der Waals surface area contributed by atoms with Crippen molar-refractivity contribution in [2.75, 3.05) is 5.32 Å². The Hall–Kier alpha value is -2.02. The van der Waals surface area contributed by atoms with E-state index in [1.54, 1.807) is 0 Å². The van der Waals surface area contributed by atoms with E-state index in [2.05, 4.69) is 20.8 Å². The molecule has 0 atom stereocenters. The number of benzene rings is 1. The summed E-state index contributed by atoms with van der Waals surface area (Å²) in [6.07, 6.45) is 0. The highest BCUT2D eigenvalue weighted by molar-refractivity contribution is 5.52. The number of hydrogen-bond donors (Lipinski definition) is 2. The first-order chi connectivity index (χ1) is 9.33. The average Bonchev–Trinajstić information content (AvgIpc) is 2.78. The minimum Gasteiger partial charge on any atom is -0.406 e. The van der Waals surface area contributed by atoms with Crippen molar-refractivity contribution in [3.8, 4) is 0 Å². The quantitative estimate of drug-likeness (QED) is 0.902. The summed E-state index contributed by atoms with van der Waals surface area (Å²) in [6.45, 7) is 6.41. The Balaban J connectivity index is 2.04. The number of halogens is 2. The van der Waals surface area contributed by atoms with Crippen LogP contribution < -0.4 is 10.6 Å². The van der Waals surface area contributed by atoms with Crippen LogP contribution in [0.15, 0.2) is 22.6 Å². The highest BCUT2D eigenvalue weighted by Gasteiger charge is 2.13. The maximum Gasteiger partial charge on any atom is 0.320 e. The zero-order valence-electron chi connectivity index (χ0n) is 11.5. The van der Waals surface area contributed by atoms with Crippen LogP contribution in [0.25, 0.3) is 0 Å². The maximum absolute atomic E-state index is 13.4. The molecular formula is C13H16F2N4O. The van der Waals surface area contributed by atoms with E-state index in [0.717, 1.165) is 18.2 Å². The molecule has 0 aliphatic rings. The van der Waals surface area contributed by atoms with Crippen molar-refractivity contribution in [1.29, 1.82) is 0 Å². The van der Waals surface area contributed by atoms with Crippen LogP contribution in [-0.4, -0.2) is 15.7 Å². The van der Waals surface area contributed by atoms with E-state index in [1.165, 1.54) is 0 Å². The number of nitrogens with one attached hydrogen (secondary N) is 2. The Kier molecular flexibility index (Phi) is 3.99. The Morgan fingerprint density at radius 3 is 2.65 bits per heavy atom. The van der Waals surface area contributed by atoms with Crippen molar-refractivity contribution in [1.82, 2.24) is 15.5 Å². The van der Waals surface area contributed by atoms with E-state index in [4.69, 9.17) is 4.42 Å². The van der Waals surface area contributed by atoms with Gasteiger partial charge in [0.05, 0.1) is 12.2 Å². The maximum atomic E-state index is 13.4. The van der Waals surface area contributed by atoms with Crippen LogP contribution >= 0.6 is 0 Å². The first-order valence-corrected chi connectivity index (χ1v) is 6.13. The third-order valence-electron chi connectivity index (χ3n) is 2.41. The van der Waals surface area contributed by atoms with Gasteiger partial charge >= 0.3 is 6.01 Å². The molecule has 2 aromatic rings. The summed E-state index contributed by atoms with van der Waals surface area (Å²) in [5.41, 5.74) is -0.138. The molecule has 0 aliphatic heterocycles. The van der Waals surface area contributed by atoms with Gasteiger partial charge in [-0.3, -0.25) is 0 Å². The van der Waals surface area contributed by atoms with Gasteiger partial charge in [0.15, 0.2) is 0 Å². The molecule has 20 heavy (non-hydrogen) atoms. The molecule has 1 aromatic carbocycles. The van der Waals surface area contributed by atoms with Crippen molar-refractivity contribution >= 4 is 11.7 Å². The summed E-state index contributed by atoms with van der Waals surface area (Å²) in [5.74, 6) is -0.791. The van der Waals surface area contributed by atoms with Crippen LogP contribution in [0.1, 0.15) is 26.7 Å². The van der Waals surface area contributed by atoms with E-state index in [0.29, 0.717) is 12.4 Å². The second-order valence-electron chi connectivity index (χ2n) is 5.35. The summed E-state index contributed by atoms with van der Waals surface area (Å²) in [7, 11) is 0. The van der Waals surface area contributed by atoms with Gasteiger partial charge in [0, 0.05) is 11.6 Å². The van der Waals surface area contributed by atoms with Gasteiger partial charge in [0.2, 0.25) is 5.89 Å². The van der Waals surface area contributed by atoms with Crippen LogP contribution in [0.5, 0.6) is 0 Å². The van der Waals surface area contributed by atoms with Crippen LogP contribution in [0.3, 0.4) is 0 Å². The van der Waals surface area contributed by atoms with Crippen molar-refractivity contribution in [3.63, 3.8) is 0 Å². The Morgan fingerprint density at radius 2 is 1.95 bits per heavy atom. The van der Waals surface area contributed by atoms with Gasteiger partial charge in [0.25, 0.3) is 0 Å². The Morgan fingerprint density at radius 1 is 1.20 bits per heavy atom. The number of nitrogens with zero attached hydrogens (tertiary/aromatic N) is 2. The summed E-state index contributed by atoms with van der Waals surface area (Å²) >= 11 is 0. The summed E-state index contributed by atoms with van der Waals surface area (Å²) < 4.78 is 31.8. The molecule has 0 saturated heterocycles. The van der Waals surface area contributed by atoms with Gasteiger partial charge in [-0.25, -0.2) is 8.78 Å². The monoisotopic (exact) mass is 282 g/mol. The molecule has 7 heteroatoms. The molecule has 2 N–H and O–H groups in total. The van der Waals surface area contributed by atoms with Crippen molar-refractivity contribution in [2.24, 2.45) is 0 Å². The molecule has 0 aliphatic carbocycles. The van der Waals surface area contributed by atoms with E-state index in [9.17, 15) is 8.78 Å². The molecule has 0 unspecified atom stereocenters. The Bertz CT molecular complexity index is 592. The Labute approximate surface area is 115 Å². The van der Waals surface area contributed by atoms with Gasteiger partial charge in [0.1, 0.15) is 11.6 Å². The lowest BCUT2D eigenvalue weighted by atomic mass is 10.1. The van der Waals surface area contributed by atoms with Crippen LogP contribution in [0.4, 0.5) is 20.5 Å². The highest BCUT2D eigenvalue weighted by atomic mass is 19.1. The SMILES string of the molecule is CC(C)(C)NCc1nnc(Nc2cc(F)ccc2F)o1. The zero-order chi connectivity index (χ0) is 14.8. The lowest BCUT2D eigenvalue weighted by molar-refractivity contribution is 0.384. The molecule has 1 aromatic heterocycles. The van der Waals surface area contributed by atoms with Crippen molar-refractivity contribution in [3.05, 3.63) is 35.7 Å². The predicted molar refractivity (Wildman–Crippen MR) is 70.5 cm³/mol. The molecule has 0 saturated carbocycles. The van der Waals surface area contributed by atoms with Gasteiger partial charge in [-0.05, 0) is 32.9 Å². The second-order valence-corrected chi connectivity index (χ2v) is 5.35. The molecule has 0 bridgehead atoms. The third-order valence-corrected chi connectivity index (χ3v) is 2.41. The second kappa shape index (κ2) is 5.54. The fraction of sp³-hybridized carbons (Fsp3) is 0.385. The largest absolute Gasteiger partial charge is 0.406 e. The summed E-state index contributed by atoms with van der Waals surface area (Å²) in [6, 6.07) is 3.09. The van der Waals surface area contributed by atoms with Crippen LogP contribution in [0, 0.1) is 11.6 Å². The highest BCUT2D eigenvalue weighted by Crippen LogP contribution is 2.20. The standard InChI is InChI=1S/C13H16F2N4O/c1-13(2,3)16-7-11-18-19-12(20-11)17-10-6-8(14)4-5-9(10)15/h4-6,16H,7H2,1-3H3,(H,17,19). The van der Waals surface area contributed by atoms with Crippen LogP contribution in [0.2, 0.25) is 0 Å². The number of rotatable bonds is 4. The molecule has 108 valence electrons. The van der Waals surface area contributed by atoms with Crippen LogP contribution in [-0.2, 0) is 6.54 Å². The van der Waals surface area contributed by atoms with E-state index >= 15 is 0 Å². The van der Waals surface area contributed by atoms with E-state index < -0.39 is 11.6 Å². The lowest BCUT2D eigenvalue weighted by Gasteiger charge is -2.18. The first kappa shape index (κ1) is 14.4. The lowest BCUT2D eigenvalue weighted by Crippen LogP contribution is -2.35. The van der Waals surface area contributed by atoms with E-state index in [1.807, 2.05) is 20.8 Å². The van der Waals surface area contributed by atoms with Crippen molar-refractivity contribution < 1.29 is 13.2 Å². The molecular weight excluding hydrogens is 266 g/mol. The zero-order valence-corrected chi connectivity index (χ0v) is 11.5. The molecule has 0 amide bonds. The minimum atomic E-state index is -0.598. The molecule has 0 fully saturated rings. The van der Waals surface area contributed by atoms with Crippen molar-refractivity contribution in [2.45, 2.75) is 32.9 Å². The number of anilines is 2. The number of hydrogen-bond acceptors (Lipinski definition) is 5. The predicted octanol–water partition coefficient (Wildman–Crippen LogP) is 2.98. The molecule has 2 rings (SSSR count). The normalized spacial score (nSPS) is 11.7. The average molecular weight is 282 g/mol. The van der Waals surface area contributed by atoms with Gasteiger partial charge in [-0.15, -0.1) is 5.10 Å². The van der Waals surface area contributed by atoms with Gasteiger partial charge in [-0.2, -0.15) is 0 Å². The van der Waals surface area contributed by atoms with Gasteiger partial charge < -0.3 is 15.1 Å². The molecule has 0 radical (unpaired) electrons. The minimum absolute atomic E-state index is 0.0141. The fourth-order valence-corrected chi connectivity index (χ4v) is 1.42. The first-order valence-electron chi connectivity index (χ1n) is 6.13. The topological polar surface area (TPSA) is 63.0 Å². The summed E-state index contributed by atoms with van der Waals surface area (Å²) in [5, 5.41) is 13.3. The van der Waals surface area contributed by atoms with Gasteiger partial charge in [-0.1, -0.05) is 5.10 Å². The summed E-state index contributed by atoms with van der Waals surface area (Å²) in [4.78, 5) is 0. The molecule has 1 heterocycles. The molecule has 5 nitrogen and oxygen atoms in total. The third kappa shape index (κ3) is 3.99. The van der Waals surface area contributed by atoms with E-state index in [-0.39, 0.29) is 17.2 Å². The molecule has 0 spiro atoms.